The first-order valence-electron chi connectivity index (χ1n) is 8.82. The Labute approximate surface area is 139 Å². The van der Waals surface area contributed by atoms with Crippen LogP contribution in [0.3, 0.4) is 0 Å². The predicted octanol–water partition coefficient (Wildman–Crippen LogP) is 2.10. The topological polar surface area (TPSA) is 43.8 Å². The van der Waals surface area contributed by atoms with E-state index < -0.39 is 0 Å². The molecule has 4 heteroatoms. The molecule has 0 aliphatic carbocycles. The number of likely N-dealkylation sites (N-methyl/N-ethyl adjacent to an activating group) is 1. The van der Waals surface area contributed by atoms with E-state index in [2.05, 4.69) is 42.2 Å². The maximum Gasteiger partial charge on any atom is 0.248 e. The van der Waals surface area contributed by atoms with E-state index >= 15 is 0 Å². The number of nitrogens with zero attached hydrogens (tertiary/aromatic N) is 2. The zero-order valence-electron chi connectivity index (χ0n) is 14.1. The van der Waals surface area contributed by atoms with Crippen LogP contribution in [0.15, 0.2) is 30.3 Å². The number of hydrogen-bond donors (Lipinski definition) is 1. The molecule has 0 saturated carbocycles. The molecule has 1 aromatic rings. The van der Waals surface area contributed by atoms with Crippen molar-refractivity contribution in [3.8, 4) is 0 Å². The maximum atomic E-state index is 11.7. The van der Waals surface area contributed by atoms with E-state index in [4.69, 9.17) is 5.11 Å². The van der Waals surface area contributed by atoms with E-state index in [0.717, 1.165) is 45.6 Å². The van der Waals surface area contributed by atoms with Gasteiger partial charge in [0.1, 0.15) is 6.61 Å². The zero-order chi connectivity index (χ0) is 16.3. The second-order valence-electron chi connectivity index (χ2n) is 7.18. The van der Waals surface area contributed by atoms with Crippen molar-refractivity contribution >= 4 is 5.91 Å². The van der Waals surface area contributed by atoms with Crippen molar-refractivity contribution in [3.63, 3.8) is 0 Å². The third kappa shape index (κ3) is 3.59. The number of carbonyl (C=O) groups excluding carboxylic acids is 1. The number of piperidine rings is 2. The van der Waals surface area contributed by atoms with Crippen LogP contribution in [0.4, 0.5) is 0 Å². The Morgan fingerprint density at radius 1 is 1.26 bits per heavy atom. The fourth-order valence-electron chi connectivity index (χ4n) is 4.38. The van der Waals surface area contributed by atoms with Gasteiger partial charge in [-0.05, 0) is 42.7 Å². The number of benzene rings is 1. The van der Waals surface area contributed by atoms with E-state index in [1.807, 2.05) is 4.90 Å². The molecule has 23 heavy (non-hydrogen) atoms. The summed E-state index contributed by atoms with van der Waals surface area (Å²) in [7, 11) is 0. The maximum absolute atomic E-state index is 11.7. The van der Waals surface area contributed by atoms with Crippen LogP contribution < -0.4 is 0 Å². The molecule has 126 valence electrons. The van der Waals surface area contributed by atoms with E-state index in [0.29, 0.717) is 11.3 Å². The van der Waals surface area contributed by atoms with Crippen molar-refractivity contribution in [2.75, 3.05) is 39.3 Å². The lowest BCUT2D eigenvalue weighted by Gasteiger charge is -2.50. The van der Waals surface area contributed by atoms with Gasteiger partial charge in [0.15, 0.2) is 0 Å². The summed E-state index contributed by atoms with van der Waals surface area (Å²) in [6.07, 6.45) is 3.33. The molecule has 0 radical (unpaired) electrons. The molecule has 2 heterocycles. The quantitative estimate of drug-likeness (QED) is 0.929. The Kier molecular flexibility index (Phi) is 5.02. The van der Waals surface area contributed by atoms with Gasteiger partial charge in [-0.1, -0.05) is 37.3 Å². The van der Waals surface area contributed by atoms with Gasteiger partial charge in [0.05, 0.1) is 0 Å². The van der Waals surface area contributed by atoms with Crippen LogP contribution in [0.5, 0.6) is 0 Å². The van der Waals surface area contributed by atoms with Gasteiger partial charge >= 0.3 is 0 Å². The molecule has 0 aromatic heterocycles. The summed E-state index contributed by atoms with van der Waals surface area (Å²) in [5, 5.41) is 9.06. The molecule has 2 fully saturated rings. The third-order valence-electron chi connectivity index (χ3n) is 5.75. The number of aliphatic hydroxyl groups is 1. The molecule has 3 rings (SSSR count). The number of rotatable bonds is 3. The average Bonchev–Trinajstić information content (AvgIpc) is 2.62. The molecule has 1 atom stereocenters. The first-order valence-corrected chi connectivity index (χ1v) is 8.82. The minimum absolute atomic E-state index is 0.123. The monoisotopic (exact) mass is 316 g/mol. The summed E-state index contributed by atoms with van der Waals surface area (Å²) in [4.78, 5) is 16.1. The van der Waals surface area contributed by atoms with Crippen molar-refractivity contribution in [1.82, 2.24) is 9.80 Å². The van der Waals surface area contributed by atoms with Gasteiger partial charge in [0.25, 0.3) is 0 Å². The van der Waals surface area contributed by atoms with Crippen molar-refractivity contribution in [1.29, 1.82) is 0 Å². The number of aliphatic hydroxyl groups excluding tert-OH is 1. The summed E-state index contributed by atoms with van der Waals surface area (Å²) >= 11 is 0. The minimum atomic E-state index is -0.360. The Bertz CT molecular complexity index is 523. The normalized spacial score (nSPS) is 24.8. The van der Waals surface area contributed by atoms with Gasteiger partial charge in [-0.2, -0.15) is 0 Å². The molecule has 4 nitrogen and oxygen atoms in total. The van der Waals surface area contributed by atoms with E-state index in [9.17, 15) is 4.79 Å². The van der Waals surface area contributed by atoms with Gasteiger partial charge in [-0.25, -0.2) is 0 Å². The lowest BCUT2D eigenvalue weighted by atomic mass is 9.68. The molecule has 1 amide bonds. The Hall–Kier alpha value is -1.39. The number of carbonyl (C=O) groups is 1. The van der Waals surface area contributed by atoms with E-state index in [1.165, 1.54) is 12.0 Å². The summed E-state index contributed by atoms with van der Waals surface area (Å²) < 4.78 is 0. The Morgan fingerprint density at radius 2 is 1.96 bits per heavy atom. The fraction of sp³-hybridized carbons (Fsp3) is 0.632. The van der Waals surface area contributed by atoms with Crippen LogP contribution in [0.2, 0.25) is 0 Å². The highest BCUT2D eigenvalue weighted by molar-refractivity contribution is 5.77. The smallest absolute Gasteiger partial charge is 0.248 e. The standard InChI is InChI=1S/C19H28N2O2/c1-2-20-13-17(16-6-4-3-5-7-16)12-19(15-20)8-10-21(11-9-19)18(23)14-22/h3-7,17,22H,2,8-15H2,1H3. The van der Waals surface area contributed by atoms with Gasteiger partial charge in [0, 0.05) is 26.2 Å². The van der Waals surface area contributed by atoms with Gasteiger partial charge in [0.2, 0.25) is 5.91 Å². The molecule has 1 aromatic carbocycles. The third-order valence-corrected chi connectivity index (χ3v) is 5.75. The minimum Gasteiger partial charge on any atom is -0.387 e. The highest BCUT2D eigenvalue weighted by Crippen LogP contribution is 2.44. The molecule has 1 unspecified atom stereocenters. The van der Waals surface area contributed by atoms with E-state index in [-0.39, 0.29) is 12.5 Å². The highest BCUT2D eigenvalue weighted by atomic mass is 16.3. The molecule has 2 aliphatic rings. The van der Waals surface area contributed by atoms with Crippen molar-refractivity contribution in [2.45, 2.75) is 32.1 Å². The first kappa shape index (κ1) is 16.5. The van der Waals surface area contributed by atoms with Crippen LogP contribution >= 0.6 is 0 Å². The number of likely N-dealkylation sites (tertiary alicyclic amines) is 2. The Balaban J connectivity index is 1.73. The average molecular weight is 316 g/mol. The van der Waals surface area contributed by atoms with Gasteiger partial charge in [-0.3, -0.25) is 4.79 Å². The second-order valence-corrected chi connectivity index (χ2v) is 7.18. The molecule has 1 N–H and O–H groups in total. The Morgan fingerprint density at radius 3 is 2.57 bits per heavy atom. The van der Waals surface area contributed by atoms with Crippen LogP contribution in [-0.2, 0) is 4.79 Å². The highest BCUT2D eigenvalue weighted by Gasteiger charge is 2.42. The summed E-state index contributed by atoms with van der Waals surface area (Å²) in [6.45, 7) is 6.84. The molecular weight excluding hydrogens is 288 g/mol. The predicted molar refractivity (Wildman–Crippen MR) is 91.2 cm³/mol. The molecular formula is C19H28N2O2. The zero-order valence-corrected chi connectivity index (χ0v) is 14.1. The van der Waals surface area contributed by atoms with Crippen LogP contribution in [0, 0.1) is 5.41 Å². The summed E-state index contributed by atoms with van der Waals surface area (Å²) in [6, 6.07) is 10.9. The van der Waals surface area contributed by atoms with Crippen LogP contribution in [-0.4, -0.2) is 60.1 Å². The molecule has 2 saturated heterocycles. The fourth-order valence-corrected chi connectivity index (χ4v) is 4.38. The summed E-state index contributed by atoms with van der Waals surface area (Å²) in [5.74, 6) is 0.465. The molecule has 1 spiro atoms. The SMILES string of the molecule is CCN1CC(c2ccccc2)CC2(CCN(C(=O)CO)CC2)C1. The van der Waals surface area contributed by atoms with E-state index in [1.54, 1.807) is 0 Å². The molecule has 0 bridgehead atoms. The van der Waals surface area contributed by atoms with Gasteiger partial charge < -0.3 is 14.9 Å². The second kappa shape index (κ2) is 7.02. The molecule has 2 aliphatic heterocycles. The summed E-state index contributed by atoms with van der Waals surface area (Å²) in [5.41, 5.74) is 1.76. The van der Waals surface area contributed by atoms with Crippen molar-refractivity contribution in [3.05, 3.63) is 35.9 Å². The lowest BCUT2D eigenvalue weighted by Crippen LogP contribution is -2.52. The number of amides is 1. The first-order chi connectivity index (χ1) is 11.2. The van der Waals surface area contributed by atoms with Crippen molar-refractivity contribution < 1.29 is 9.90 Å². The van der Waals surface area contributed by atoms with Crippen LogP contribution in [0.1, 0.15) is 37.7 Å². The lowest BCUT2D eigenvalue weighted by molar-refractivity contribution is -0.137. The van der Waals surface area contributed by atoms with Gasteiger partial charge in [-0.15, -0.1) is 0 Å². The van der Waals surface area contributed by atoms with Crippen LogP contribution in [0.25, 0.3) is 0 Å². The number of hydrogen-bond acceptors (Lipinski definition) is 3. The van der Waals surface area contributed by atoms with Crippen molar-refractivity contribution in [2.24, 2.45) is 5.41 Å². The largest absolute Gasteiger partial charge is 0.387 e.